The zero-order valence-electron chi connectivity index (χ0n) is 12.1. The van der Waals surface area contributed by atoms with E-state index in [1.165, 1.54) is 0 Å². The number of para-hydroxylation sites is 1. The number of fused-ring (bicyclic) bond motifs is 1. The second-order valence-corrected chi connectivity index (χ2v) is 5.63. The van der Waals surface area contributed by atoms with Gasteiger partial charge in [-0.3, -0.25) is 13.8 Å². The maximum atomic E-state index is 12.4. The number of imidazole rings is 1. The molecule has 0 unspecified atom stereocenters. The van der Waals surface area contributed by atoms with Gasteiger partial charge in [-0.2, -0.15) is 5.10 Å². The van der Waals surface area contributed by atoms with Crippen LogP contribution in [0.15, 0.2) is 41.5 Å². The highest BCUT2D eigenvalue weighted by Gasteiger charge is 2.25. The molecule has 3 aromatic rings. The fourth-order valence-corrected chi connectivity index (χ4v) is 2.89. The Morgan fingerprint density at radius 2 is 2.05 bits per heavy atom. The normalized spacial score (nSPS) is 14.9. The molecule has 0 bridgehead atoms. The smallest absolute Gasteiger partial charge is 0.296 e. The molecule has 5 heteroatoms. The number of hydrogen-bond acceptors (Lipinski definition) is 2. The first-order valence-electron chi connectivity index (χ1n) is 7.49. The van der Waals surface area contributed by atoms with E-state index in [-0.39, 0.29) is 5.69 Å². The van der Waals surface area contributed by atoms with Crippen molar-refractivity contribution in [3.63, 3.8) is 0 Å². The fourth-order valence-electron chi connectivity index (χ4n) is 2.89. The van der Waals surface area contributed by atoms with Gasteiger partial charge in [0, 0.05) is 30.4 Å². The number of hydrogen-bond donors (Lipinski definition) is 0. The highest BCUT2D eigenvalue weighted by Crippen LogP contribution is 2.33. The SMILES string of the molecule is CCn1nc(Cn2ccn(C3CC3)c2=O)c2ccccc21. The lowest BCUT2D eigenvalue weighted by molar-refractivity contribution is 0.627. The number of rotatable bonds is 4. The molecule has 5 nitrogen and oxygen atoms in total. The Morgan fingerprint density at radius 1 is 1.24 bits per heavy atom. The van der Waals surface area contributed by atoms with Crippen LogP contribution >= 0.6 is 0 Å². The van der Waals surface area contributed by atoms with Crippen molar-refractivity contribution in [3.8, 4) is 0 Å². The van der Waals surface area contributed by atoms with E-state index >= 15 is 0 Å². The lowest BCUT2D eigenvalue weighted by Crippen LogP contribution is -2.24. The second kappa shape index (κ2) is 4.62. The maximum Gasteiger partial charge on any atom is 0.328 e. The minimum absolute atomic E-state index is 0.0765. The van der Waals surface area contributed by atoms with Crippen LogP contribution in [0.25, 0.3) is 10.9 Å². The van der Waals surface area contributed by atoms with E-state index in [9.17, 15) is 4.79 Å². The minimum Gasteiger partial charge on any atom is -0.296 e. The van der Waals surface area contributed by atoms with E-state index in [2.05, 4.69) is 24.2 Å². The summed E-state index contributed by atoms with van der Waals surface area (Å²) in [4.78, 5) is 12.4. The highest BCUT2D eigenvalue weighted by molar-refractivity contribution is 5.81. The Labute approximate surface area is 122 Å². The molecule has 0 amide bonds. The minimum atomic E-state index is 0.0765. The molecular formula is C16H18N4O. The average Bonchev–Trinajstić information content (AvgIpc) is 3.20. The third-order valence-electron chi connectivity index (χ3n) is 4.17. The Bertz CT molecular complexity index is 851. The molecular weight excluding hydrogens is 264 g/mol. The van der Waals surface area contributed by atoms with Crippen molar-refractivity contribution in [2.75, 3.05) is 0 Å². The van der Waals surface area contributed by atoms with Gasteiger partial charge in [0.05, 0.1) is 17.8 Å². The van der Waals surface area contributed by atoms with E-state index in [0.29, 0.717) is 12.6 Å². The summed E-state index contributed by atoms with van der Waals surface area (Å²) in [5, 5.41) is 5.79. The van der Waals surface area contributed by atoms with Gasteiger partial charge in [0.15, 0.2) is 0 Å². The van der Waals surface area contributed by atoms with E-state index in [1.807, 2.05) is 33.8 Å². The molecule has 0 saturated heterocycles. The van der Waals surface area contributed by atoms with Crippen LogP contribution in [0.4, 0.5) is 0 Å². The van der Waals surface area contributed by atoms with Crippen LogP contribution in [-0.2, 0) is 13.1 Å². The van der Waals surface area contributed by atoms with Gasteiger partial charge in [0.25, 0.3) is 0 Å². The summed E-state index contributed by atoms with van der Waals surface area (Å²) < 4.78 is 5.60. The van der Waals surface area contributed by atoms with Gasteiger partial charge in [0.2, 0.25) is 0 Å². The molecule has 0 spiro atoms. The molecule has 1 aliphatic rings. The van der Waals surface area contributed by atoms with Crippen molar-refractivity contribution >= 4 is 10.9 Å². The van der Waals surface area contributed by atoms with Gasteiger partial charge < -0.3 is 0 Å². The summed E-state index contributed by atoms with van der Waals surface area (Å²) in [7, 11) is 0. The predicted octanol–water partition coefficient (Wildman–Crippen LogP) is 2.40. The van der Waals surface area contributed by atoms with Gasteiger partial charge in [-0.05, 0) is 25.8 Å². The fraction of sp³-hybridized carbons (Fsp3) is 0.375. The monoisotopic (exact) mass is 282 g/mol. The molecule has 2 aromatic heterocycles. The summed E-state index contributed by atoms with van der Waals surface area (Å²) in [6.45, 7) is 3.45. The van der Waals surface area contributed by atoms with Crippen LogP contribution in [0.3, 0.4) is 0 Å². The number of nitrogens with zero attached hydrogens (tertiary/aromatic N) is 4. The lowest BCUT2D eigenvalue weighted by atomic mass is 10.2. The van der Waals surface area contributed by atoms with Crippen LogP contribution < -0.4 is 5.69 Å². The molecule has 108 valence electrons. The van der Waals surface area contributed by atoms with E-state index in [0.717, 1.165) is 36.0 Å². The van der Waals surface area contributed by atoms with Crippen LogP contribution in [0.1, 0.15) is 31.5 Å². The van der Waals surface area contributed by atoms with Crippen LogP contribution in [-0.4, -0.2) is 18.9 Å². The van der Waals surface area contributed by atoms with E-state index in [4.69, 9.17) is 0 Å². The molecule has 1 aromatic carbocycles. The largest absolute Gasteiger partial charge is 0.328 e. The van der Waals surface area contributed by atoms with Gasteiger partial charge >= 0.3 is 5.69 Å². The summed E-state index contributed by atoms with van der Waals surface area (Å²) >= 11 is 0. The van der Waals surface area contributed by atoms with Crippen LogP contribution in [0.5, 0.6) is 0 Å². The Morgan fingerprint density at radius 3 is 2.81 bits per heavy atom. The van der Waals surface area contributed by atoms with Gasteiger partial charge in [-0.15, -0.1) is 0 Å². The van der Waals surface area contributed by atoms with Crippen molar-refractivity contribution in [2.24, 2.45) is 0 Å². The van der Waals surface area contributed by atoms with Gasteiger partial charge in [-0.1, -0.05) is 18.2 Å². The van der Waals surface area contributed by atoms with E-state index < -0.39 is 0 Å². The first-order valence-corrected chi connectivity index (χ1v) is 7.49. The Kier molecular flexibility index (Phi) is 2.74. The third-order valence-corrected chi connectivity index (χ3v) is 4.17. The molecule has 2 heterocycles. The summed E-state index contributed by atoms with van der Waals surface area (Å²) in [6, 6.07) is 8.62. The molecule has 0 atom stereocenters. The van der Waals surface area contributed by atoms with Crippen molar-refractivity contribution < 1.29 is 0 Å². The quantitative estimate of drug-likeness (QED) is 0.737. The molecule has 0 N–H and O–H groups in total. The van der Waals surface area contributed by atoms with Crippen LogP contribution in [0, 0.1) is 0 Å². The molecule has 21 heavy (non-hydrogen) atoms. The first-order chi connectivity index (χ1) is 10.3. The Balaban J connectivity index is 1.76. The zero-order valence-corrected chi connectivity index (χ0v) is 12.1. The molecule has 1 fully saturated rings. The number of aryl methyl sites for hydroxylation is 1. The topological polar surface area (TPSA) is 44.8 Å². The van der Waals surface area contributed by atoms with Gasteiger partial charge in [0.1, 0.15) is 0 Å². The van der Waals surface area contributed by atoms with E-state index in [1.54, 1.807) is 4.57 Å². The molecule has 1 aliphatic carbocycles. The zero-order chi connectivity index (χ0) is 14.4. The standard InChI is InChI=1S/C16H18N4O/c1-2-20-15-6-4-3-5-13(15)14(17-20)11-18-9-10-19(16(18)21)12-7-8-12/h3-6,9-10,12H,2,7-8,11H2,1H3. The summed E-state index contributed by atoms with van der Waals surface area (Å²) in [6.07, 6.45) is 6.02. The number of benzene rings is 1. The molecule has 1 saturated carbocycles. The summed E-state index contributed by atoms with van der Waals surface area (Å²) in [5.41, 5.74) is 2.17. The maximum absolute atomic E-state index is 12.4. The highest BCUT2D eigenvalue weighted by atomic mass is 16.1. The number of aromatic nitrogens is 4. The average molecular weight is 282 g/mol. The van der Waals surface area contributed by atoms with Crippen molar-refractivity contribution in [1.82, 2.24) is 18.9 Å². The molecule has 4 rings (SSSR count). The third kappa shape index (κ3) is 2.00. The van der Waals surface area contributed by atoms with Crippen molar-refractivity contribution in [1.29, 1.82) is 0 Å². The van der Waals surface area contributed by atoms with Crippen molar-refractivity contribution in [3.05, 3.63) is 52.8 Å². The molecule has 0 radical (unpaired) electrons. The summed E-state index contributed by atoms with van der Waals surface area (Å²) in [5.74, 6) is 0. The van der Waals surface area contributed by atoms with Crippen LogP contribution in [0.2, 0.25) is 0 Å². The lowest BCUT2D eigenvalue weighted by Gasteiger charge is -1.99. The van der Waals surface area contributed by atoms with Gasteiger partial charge in [-0.25, -0.2) is 4.79 Å². The second-order valence-electron chi connectivity index (χ2n) is 5.63. The first kappa shape index (κ1) is 12.4. The van der Waals surface area contributed by atoms with Crippen molar-refractivity contribution in [2.45, 2.75) is 38.9 Å². The Hall–Kier alpha value is -2.30. The predicted molar refractivity (Wildman–Crippen MR) is 81.5 cm³/mol. The molecule has 0 aliphatic heterocycles.